The summed E-state index contributed by atoms with van der Waals surface area (Å²) in [6.07, 6.45) is -2.19. The Kier molecular flexibility index (Phi) is 9.02. The van der Waals surface area contributed by atoms with Crippen LogP contribution >= 0.6 is 0 Å². The van der Waals surface area contributed by atoms with Crippen molar-refractivity contribution in [2.45, 2.75) is 12.6 Å². The highest BCUT2D eigenvalue weighted by atomic mass is 19.4. The fourth-order valence-corrected chi connectivity index (χ4v) is 5.27. The van der Waals surface area contributed by atoms with Crippen LogP contribution in [0.3, 0.4) is 0 Å². The molecule has 1 atom stereocenters. The number of fused-ring (bicyclic) bond motifs is 1. The van der Waals surface area contributed by atoms with Crippen molar-refractivity contribution in [2.75, 3.05) is 37.9 Å². The van der Waals surface area contributed by atoms with E-state index in [1.54, 1.807) is 36.5 Å². The fourth-order valence-electron chi connectivity index (χ4n) is 5.27. The van der Waals surface area contributed by atoms with Gasteiger partial charge in [0.15, 0.2) is 5.83 Å². The van der Waals surface area contributed by atoms with E-state index in [0.29, 0.717) is 57.8 Å². The van der Waals surface area contributed by atoms with Crippen LogP contribution in [0.15, 0.2) is 61.1 Å². The summed E-state index contributed by atoms with van der Waals surface area (Å²) in [6, 6.07) is 11.1. The Balaban J connectivity index is 1.70. The summed E-state index contributed by atoms with van der Waals surface area (Å²) in [5, 5.41) is 4.83. The van der Waals surface area contributed by atoms with E-state index in [4.69, 9.17) is 15.2 Å². The van der Waals surface area contributed by atoms with E-state index in [1.807, 2.05) is 16.9 Å². The highest BCUT2D eigenvalue weighted by Gasteiger charge is 2.29. The van der Waals surface area contributed by atoms with Gasteiger partial charge < -0.3 is 30.4 Å². The van der Waals surface area contributed by atoms with Crippen LogP contribution in [0.2, 0.25) is 0 Å². The largest absolute Gasteiger partial charge is 0.496 e. The number of halogens is 4. The summed E-state index contributed by atoms with van der Waals surface area (Å²) in [7, 11) is 3.13. The Labute approximate surface area is 261 Å². The lowest BCUT2D eigenvalue weighted by atomic mass is 9.96. The van der Waals surface area contributed by atoms with E-state index in [9.17, 15) is 27.2 Å². The molecule has 0 aliphatic carbocycles. The van der Waals surface area contributed by atoms with Crippen molar-refractivity contribution in [3.8, 4) is 40.0 Å². The van der Waals surface area contributed by atoms with Crippen LogP contribution in [0.1, 0.15) is 22.3 Å². The number of methoxy groups -OCH3 is 1. The predicted octanol–water partition coefficient (Wildman–Crippen LogP) is 5.60. The molecule has 2 aromatic heterocycles. The molecule has 1 fully saturated rings. The maximum absolute atomic E-state index is 13.3. The minimum atomic E-state index is -4.59. The number of pyridine rings is 1. The Morgan fingerprint density at radius 2 is 1.91 bits per heavy atom. The lowest BCUT2D eigenvalue weighted by Gasteiger charge is -2.14. The first kappa shape index (κ1) is 32.1. The zero-order chi connectivity index (χ0) is 33.2. The number of nitrogen functional groups attached to an aromatic ring is 1. The number of aromatic nitrogens is 2. The van der Waals surface area contributed by atoms with Gasteiger partial charge >= 0.3 is 6.18 Å². The normalized spacial score (nSPS) is 14.4. The summed E-state index contributed by atoms with van der Waals surface area (Å²) >= 11 is 0. The molecule has 1 aliphatic heterocycles. The second-order valence-electron chi connectivity index (χ2n) is 10.5. The average Bonchev–Trinajstić information content (AvgIpc) is 3.66. The van der Waals surface area contributed by atoms with Crippen molar-refractivity contribution in [1.82, 2.24) is 14.9 Å². The number of hydrogen-bond acceptors (Lipinski definition) is 6. The number of ether oxygens (including phenoxy) is 2. The second-order valence-corrected chi connectivity index (χ2v) is 10.5. The van der Waals surface area contributed by atoms with Gasteiger partial charge in [-0.15, -0.1) is 0 Å². The van der Waals surface area contributed by atoms with Crippen LogP contribution < -0.4 is 21.1 Å². The third-order valence-corrected chi connectivity index (χ3v) is 7.43. The summed E-state index contributed by atoms with van der Waals surface area (Å²) in [6.45, 7) is 2.67. The molecule has 3 heterocycles. The molecule has 2 aromatic carbocycles. The van der Waals surface area contributed by atoms with Gasteiger partial charge in [0.2, 0.25) is 0 Å². The van der Waals surface area contributed by atoms with Crippen molar-refractivity contribution in [3.05, 3.63) is 72.2 Å². The minimum absolute atomic E-state index is 0.0355. The summed E-state index contributed by atoms with van der Waals surface area (Å²) in [4.78, 5) is 28.9. The highest BCUT2D eigenvalue weighted by Crippen LogP contribution is 2.44. The number of nitrogens with two attached hydrogens (primary N) is 1. The summed E-state index contributed by atoms with van der Waals surface area (Å²) < 4.78 is 64.4. The molecule has 0 saturated carbocycles. The second kappa shape index (κ2) is 12.9. The standard InChI is InChI=1S/C33H29F4N5O4/c1-18(34)31(43)41-23-9-6-20(7-10-23)28-26(21-8-11-24(25(14-21)45-3)32(44)40-17-33(35,36)37)27-29(42(28)2)22(15-39-30(27)38)5-4-19-12-13-46-16-19/h6-11,14-15,19H,1,12-13,16-17H2,2-3H3,(H2,38,39)(H,40,44)(H,41,43). The summed E-state index contributed by atoms with van der Waals surface area (Å²) in [5.74, 6) is 3.70. The van der Waals surface area contributed by atoms with E-state index in [1.165, 1.54) is 19.2 Å². The van der Waals surface area contributed by atoms with Gasteiger partial charge in [0.1, 0.15) is 18.1 Å². The molecule has 13 heteroatoms. The number of alkyl halides is 3. The van der Waals surface area contributed by atoms with Crippen LogP contribution in [0, 0.1) is 17.8 Å². The van der Waals surface area contributed by atoms with Crippen LogP contribution in [0.4, 0.5) is 29.1 Å². The topological polar surface area (TPSA) is 120 Å². The Hall–Kier alpha value is -5.35. The number of hydrogen-bond donors (Lipinski definition) is 3. The Morgan fingerprint density at radius 1 is 1.20 bits per heavy atom. The maximum atomic E-state index is 13.3. The van der Waals surface area contributed by atoms with Gasteiger partial charge in [-0.3, -0.25) is 9.59 Å². The van der Waals surface area contributed by atoms with Crippen molar-refractivity contribution in [2.24, 2.45) is 13.0 Å². The molecule has 46 heavy (non-hydrogen) atoms. The molecule has 1 saturated heterocycles. The SMILES string of the molecule is C=C(F)C(=O)Nc1ccc(-c2c(-c3ccc(C(=O)NCC(F)(F)F)c(OC)c3)c3c(N)ncc(C#CC4CCOC4)c3n2C)cc1. The molecule has 2 amide bonds. The molecule has 0 spiro atoms. The number of nitrogens with one attached hydrogen (secondary N) is 2. The van der Waals surface area contributed by atoms with Gasteiger partial charge in [-0.1, -0.05) is 36.6 Å². The lowest BCUT2D eigenvalue weighted by Crippen LogP contribution is -2.33. The number of anilines is 2. The number of carbonyl (C=O) groups is 2. The molecule has 1 aliphatic rings. The van der Waals surface area contributed by atoms with Crippen molar-refractivity contribution < 1.29 is 36.6 Å². The minimum Gasteiger partial charge on any atom is -0.496 e. The molecule has 5 rings (SSSR count). The van der Waals surface area contributed by atoms with E-state index in [-0.39, 0.29) is 23.0 Å². The van der Waals surface area contributed by atoms with Crippen LogP contribution in [0.25, 0.3) is 33.3 Å². The molecule has 4 N–H and O–H groups in total. The Morgan fingerprint density at radius 3 is 2.54 bits per heavy atom. The van der Waals surface area contributed by atoms with Crippen LogP contribution in [-0.2, 0) is 16.6 Å². The third-order valence-electron chi connectivity index (χ3n) is 7.43. The first-order valence-electron chi connectivity index (χ1n) is 14.0. The van der Waals surface area contributed by atoms with Gasteiger partial charge in [0.05, 0.1) is 41.4 Å². The zero-order valence-corrected chi connectivity index (χ0v) is 24.8. The van der Waals surface area contributed by atoms with E-state index in [0.717, 1.165) is 6.42 Å². The van der Waals surface area contributed by atoms with Crippen molar-refractivity contribution >= 4 is 34.2 Å². The highest BCUT2D eigenvalue weighted by molar-refractivity contribution is 6.11. The quantitative estimate of drug-likeness (QED) is 0.138. The number of nitrogens with zero attached hydrogens (tertiary/aromatic N) is 2. The van der Waals surface area contributed by atoms with Crippen LogP contribution in [-0.4, -0.2) is 54.4 Å². The lowest BCUT2D eigenvalue weighted by molar-refractivity contribution is -0.123. The third kappa shape index (κ3) is 6.67. The molecule has 4 aromatic rings. The monoisotopic (exact) mass is 635 g/mol. The van der Waals surface area contributed by atoms with Crippen LogP contribution in [0.5, 0.6) is 5.75 Å². The fraction of sp³-hybridized carbons (Fsp3) is 0.242. The number of aryl methyl sites for hydroxylation is 1. The average molecular weight is 636 g/mol. The van der Waals surface area contributed by atoms with Gasteiger partial charge in [0, 0.05) is 37.0 Å². The first-order chi connectivity index (χ1) is 21.9. The van der Waals surface area contributed by atoms with Gasteiger partial charge in [-0.05, 0) is 41.8 Å². The van der Waals surface area contributed by atoms with Crippen molar-refractivity contribution in [1.29, 1.82) is 0 Å². The Bertz CT molecular complexity index is 1900. The number of benzene rings is 2. The summed E-state index contributed by atoms with van der Waals surface area (Å²) in [5.41, 5.74) is 10.4. The molecule has 238 valence electrons. The number of rotatable bonds is 7. The maximum Gasteiger partial charge on any atom is 0.405 e. The van der Waals surface area contributed by atoms with E-state index in [2.05, 4.69) is 28.7 Å². The predicted molar refractivity (Wildman–Crippen MR) is 166 cm³/mol. The van der Waals surface area contributed by atoms with E-state index >= 15 is 0 Å². The van der Waals surface area contributed by atoms with Gasteiger partial charge in [0.25, 0.3) is 11.8 Å². The number of carbonyl (C=O) groups excluding carboxylic acids is 2. The molecule has 9 nitrogen and oxygen atoms in total. The molecular weight excluding hydrogens is 606 g/mol. The van der Waals surface area contributed by atoms with Gasteiger partial charge in [-0.2, -0.15) is 13.2 Å². The smallest absolute Gasteiger partial charge is 0.405 e. The molecular formula is C33H29F4N5O4. The van der Waals surface area contributed by atoms with Crippen molar-refractivity contribution in [3.63, 3.8) is 0 Å². The zero-order valence-electron chi connectivity index (χ0n) is 24.8. The molecule has 1 unspecified atom stereocenters. The first-order valence-corrected chi connectivity index (χ1v) is 14.0. The van der Waals surface area contributed by atoms with E-state index < -0.39 is 30.4 Å². The molecule has 0 radical (unpaired) electrons. The van der Waals surface area contributed by atoms with Gasteiger partial charge in [-0.25, -0.2) is 9.37 Å². The number of amides is 2. The molecule has 0 bridgehead atoms.